The number of nitrogens with one attached hydrogen (secondary N) is 1. The van der Waals surface area contributed by atoms with Crippen LogP contribution < -0.4 is 5.32 Å². The molecule has 1 N–H and O–H groups in total. The van der Waals surface area contributed by atoms with Crippen LogP contribution in [0.25, 0.3) is 0 Å². The lowest BCUT2D eigenvalue weighted by Crippen LogP contribution is -1.98. The number of rotatable bonds is 4. The predicted molar refractivity (Wildman–Crippen MR) is 74.5 cm³/mol. The fourth-order valence-corrected chi connectivity index (χ4v) is 2.42. The third-order valence-corrected chi connectivity index (χ3v) is 3.65. The lowest BCUT2D eigenvalue weighted by atomic mass is 10.2. The number of nitro groups is 1. The summed E-state index contributed by atoms with van der Waals surface area (Å²) in [7, 11) is 0. The van der Waals surface area contributed by atoms with E-state index in [1.54, 1.807) is 23.6 Å². The molecule has 0 fully saturated rings. The van der Waals surface area contributed by atoms with Crippen molar-refractivity contribution >= 4 is 33.6 Å². The first-order valence-electron chi connectivity index (χ1n) is 5.25. The molecule has 1 heterocycles. The van der Waals surface area contributed by atoms with Gasteiger partial charge < -0.3 is 5.32 Å². The van der Waals surface area contributed by atoms with Crippen LogP contribution in [0.3, 0.4) is 0 Å². The molecule has 1 aromatic heterocycles. The molecule has 0 spiro atoms. The third kappa shape index (κ3) is 3.22. The molecule has 0 radical (unpaired) electrons. The first kappa shape index (κ1) is 13.3. The van der Waals surface area contributed by atoms with Gasteiger partial charge in [-0.15, -0.1) is 0 Å². The Hall–Kier alpha value is -2.10. The molecule has 0 saturated heterocycles. The molecule has 0 unspecified atom stereocenters. The van der Waals surface area contributed by atoms with E-state index in [0.29, 0.717) is 17.1 Å². The maximum atomic E-state index is 10.6. The molecular weight excluding hydrogens is 286 g/mol. The van der Waals surface area contributed by atoms with E-state index in [9.17, 15) is 10.1 Å². The second kappa shape index (κ2) is 5.69. The summed E-state index contributed by atoms with van der Waals surface area (Å²) in [5, 5.41) is 24.6. The van der Waals surface area contributed by atoms with Crippen molar-refractivity contribution < 1.29 is 4.92 Å². The van der Waals surface area contributed by atoms with Crippen molar-refractivity contribution in [2.75, 3.05) is 5.32 Å². The summed E-state index contributed by atoms with van der Waals surface area (Å²) in [6, 6.07) is 8.53. The summed E-state index contributed by atoms with van der Waals surface area (Å²) >= 11 is 7.00. The molecule has 0 bridgehead atoms. The van der Waals surface area contributed by atoms with Crippen LogP contribution in [0.4, 0.5) is 10.7 Å². The Morgan fingerprint density at radius 1 is 1.47 bits per heavy atom. The van der Waals surface area contributed by atoms with Crippen LogP contribution in [-0.2, 0) is 6.54 Å². The second-order valence-electron chi connectivity index (χ2n) is 3.71. The van der Waals surface area contributed by atoms with E-state index in [-0.39, 0.29) is 5.00 Å². The molecule has 2 rings (SSSR count). The average Bonchev–Trinajstić information content (AvgIpc) is 2.85. The van der Waals surface area contributed by atoms with E-state index in [4.69, 9.17) is 16.9 Å². The number of anilines is 1. The molecule has 1 aromatic carbocycles. The Labute approximate surface area is 118 Å². The van der Waals surface area contributed by atoms with Gasteiger partial charge in [0.25, 0.3) is 0 Å². The second-order valence-corrected chi connectivity index (χ2v) is 5.01. The normalized spacial score (nSPS) is 9.89. The van der Waals surface area contributed by atoms with Crippen LogP contribution in [0, 0.1) is 21.4 Å². The maximum absolute atomic E-state index is 10.6. The maximum Gasteiger partial charge on any atom is 0.324 e. The molecule has 2 aromatic rings. The van der Waals surface area contributed by atoms with Crippen molar-refractivity contribution in [3.63, 3.8) is 0 Å². The quantitative estimate of drug-likeness (QED) is 0.687. The van der Waals surface area contributed by atoms with Gasteiger partial charge in [-0.3, -0.25) is 10.1 Å². The number of hydrogen-bond donors (Lipinski definition) is 1. The minimum atomic E-state index is -0.410. The van der Waals surface area contributed by atoms with Crippen LogP contribution in [0.1, 0.15) is 11.1 Å². The van der Waals surface area contributed by atoms with Gasteiger partial charge in [-0.2, -0.15) is 5.26 Å². The molecule has 0 atom stereocenters. The summed E-state index contributed by atoms with van der Waals surface area (Å²) in [5.41, 5.74) is 2.01. The van der Waals surface area contributed by atoms with Gasteiger partial charge in [0.2, 0.25) is 0 Å². The average molecular weight is 294 g/mol. The highest BCUT2D eigenvalue weighted by Gasteiger charge is 2.09. The Kier molecular flexibility index (Phi) is 4.00. The monoisotopic (exact) mass is 293 g/mol. The largest absolute Gasteiger partial charge is 0.381 e. The van der Waals surface area contributed by atoms with Crippen LogP contribution in [0.15, 0.2) is 29.6 Å². The van der Waals surface area contributed by atoms with Gasteiger partial charge >= 0.3 is 5.00 Å². The molecule has 5 nitrogen and oxygen atoms in total. The Balaban J connectivity index is 2.04. The van der Waals surface area contributed by atoms with E-state index in [2.05, 4.69) is 5.32 Å². The fourth-order valence-electron chi connectivity index (χ4n) is 1.47. The molecule has 19 heavy (non-hydrogen) atoms. The molecule has 0 amide bonds. The molecule has 0 aliphatic rings. The van der Waals surface area contributed by atoms with E-state index in [1.165, 1.54) is 6.07 Å². The van der Waals surface area contributed by atoms with E-state index in [1.807, 2.05) is 6.07 Å². The summed E-state index contributed by atoms with van der Waals surface area (Å²) < 4.78 is 0. The van der Waals surface area contributed by atoms with E-state index < -0.39 is 4.92 Å². The van der Waals surface area contributed by atoms with Crippen molar-refractivity contribution in [3.8, 4) is 6.07 Å². The van der Waals surface area contributed by atoms with Gasteiger partial charge in [0.1, 0.15) is 6.07 Å². The number of nitrogens with zero attached hydrogens (tertiary/aromatic N) is 2. The summed E-state index contributed by atoms with van der Waals surface area (Å²) in [6.45, 7) is 0.465. The minimum Gasteiger partial charge on any atom is -0.381 e. The van der Waals surface area contributed by atoms with Crippen molar-refractivity contribution in [1.29, 1.82) is 5.26 Å². The first-order chi connectivity index (χ1) is 9.10. The smallest absolute Gasteiger partial charge is 0.324 e. The molecule has 96 valence electrons. The highest BCUT2D eigenvalue weighted by molar-refractivity contribution is 7.13. The Bertz CT molecular complexity index is 663. The Morgan fingerprint density at radius 2 is 2.26 bits per heavy atom. The van der Waals surface area contributed by atoms with Gasteiger partial charge in [0, 0.05) is 23.7 Å². The third-order valence-electron chi connectivity index (χ3n) is 2.41. The summed E-state index contributed by atoms with van der Waals surface area (Å²) in [4.78, 5) is 10.1. The first-order valence-corrected chi connectivity index (χ1v) is 6.51. The van der Waals surface area contributed by atoms with Gasteiger partial charge in [-0.25, -0.2) is 0 Å². The van der Waals surface area contributed by atoms with Crippen molar-refractivity contribution in [1.82, 2.24) is 0 Å². The number of benzene rings is 1. The van der Waals surface area contributed by atoms with Crippen LogP contribution in [0.5, 0.6) is 0 Å². The molecule has 0 aliphatic carbocycles. The van der Waals surface area contributed by atoms with Crippen LogP contribution >= 0.6 is 22.9 Å². The van der Waals surface area contributed by atoms with Crippen molar-refractivity contribution in [2.45, 2.75) is 6.54 Å². The number of halogens is 1. The van der Waals surface area contributed by atoms with Crippen LogP contribution in [-0.4, -0.2) is 4.92 Å². The Morgan fingerprint density at radius 3 is 2.84 bits per heavy atom. The highest BCUT2D eigenvalue weighted by atomic mass is 35.5. The lowest BCUT2D eigenvalue weighted by molar-refractivity contribution is -0.380. The number of hydrogen-bond acceptors (Lipinski definition) is 5. The predicted octanol–water partition coefficient (Wildman–Crippen LogP) is 3.79. The summed E-state index contributed by atoms with van der Waals surface area (Å²) in [5.74, 6) is 0. The standard InChI is InChI=1S/C12H8ClN3O2S/c13-11-4-10(2-1-9(11)5-14)15-6-8-3-12(16(17)18)19-7-8/h1-4,7,15H,6H2. The number of thiophene rings is 1. The SMILES string of the molecule is N#Cc1ccc(NCc2csc([N+](=O)[O-])c2)cc1Cl. The van der Waals surface area contributed by atoms with Gasteiger partial charge in [0.15, 0.2) is 0 Å². The molecule has 0 aliphatic heterocycles. The highest BCUT2D eigenvalue weighted by Crippen LogP contribution is 2.24. The molecule has 7 heteroatoms. The van der Waals surface area contributed by atoms with Crippen molar-refractivity contribution in [3.05, 3.63) is 55.9 Å². The zero-order chi connectivity index (χ0) is 13.8. The molecule has 0 saturated carbocycles. The van der Waals surface area contributed by atoms with Crippen LogP contribution in [0.2, 0.25) is 5.02 Å². The van der Waals surface area contributed by atoms with Crippen molar-refractivity contribution in [2.24, 2.45) is 0 Å². The lowest BCUT2D eigenvalue weighted by Gasteiger charge is -2.05. The van der Waals surface area contributed by atoms with E-state index in [0.717, 1.165) is 22.6 Å². The van der Waals surface area contributed by atoms with Gasteiger partial charge in [-0.1, -0.05) is 22.9 Å². The zero-order valence-corrected chi connectivity index (χ0v) is 11.2. The topological polar surface area (TPSA) is 79.0 Å². The fraction of sp³-hybridized carbons (Fsp3) is 0.0833. The minimum absolute atomic E-state index is 0.120. The number of nitriles is 1. The van der Waals surface area contributed by atoms with Gasteiger partial charge in [0.05, 0.1) is 15.5 Å². The van der Waals surface area contributed by atoms with E-state index >= 15 is 0 Å². The summed E-state index contributed by atoms with van der Waals surface area (Å²) in [6.07, 6.45) is 0. The zero-order valence-electron chi connectivity index (χ0n) is 9.59. The molecular formula is C12H8ClN3O2S. The van der Waals surface area contributed by atoms with Gasteiger partial charge in [-0.05, 0) is 23.8 Å².